The lowest BCUT2D eigenvalue weighted by Crippen LogP contribution is -2.27. The predicted octanol–water partition coefficient (Wildman–Crippen LogP) is 4.96. The third kappa shape index (κ3) is 5.16. The van der Waals surface area contributed by atoms with E-state index in [1.807, 2.05) is 0 Å². The Morgan fingerprint density at radius 3 is 2.97 bits per heavy atom. The van der Waals surface area contributed by atoms with Crippen LogP contribution in [-0.4, -0.2) is 45.9 Å². The minimum Gasteiger partial charge on any atom is -0.461 e. The van der Waals surface area contributed by atoms with E-state index < -0.39 is 0 Å². The van der Waals surface area contributed by atoms with Gasteiger partial charge in [0.05, 0.1) is 29.3 Å². The number of rotatable bonds is 9. The SMILES string of the molecule is COCCNC(=O)c1csc(CSc2nnc(-c3ccco3)n2-c2cc(Cl)ccc2Cl)n1. The van der Waals surface area contributed by atoms with E-state index in [1.165, 1.54) is 23.1 Å². The summed E-state index contributed by atoms with van der Waals surface area (Å²) >= 11 is 15.5. The van der Waals surface area contributed by atoms with Gasteiger partial charge in [0.1, 0.15) is 10.7 Å². The molecule has 0 spiro atoms. The van der Waals surface area contributed by atoms with Crippen molar-refractivity contribution in [2.75, 3.05) is 20.3 Å². The molecule has 12 heteroatoms. The zero-order valence-electron chi connectivity index (χ0n) is 16.7. The summed E-state index contributed by atoms with van der Waals surface area (Å²) in [5.41, 5.74) is 1.01. The van der Waals surface area contributed by atoms with E-state index in [4.69, 9.17) is 32.4 Å². The van der Waals surface area contributed by atoms with Gasteiger partial charge in [0, 0.05) is 24.1 Å². The van der Waals surface area contributed by atoms with E-state index in [9.17, 15) is 4.79 Å². The maximum atomic E-state index is 12.2. The van der Waals surface area contributed by atoms with Crippen molar-refractivity contribution in [1.82, 2.24) is 25.1 Å². The number of ether oxygens (including phenoxy) is 1. The van der Waals surface area contributed by atoms with Gasteiger partial charge >= 0.3 is 0 Å². The third-order valence-corrected chi connectivity index (χ3v) is 6.75. The molecule has 1 amide bonds. The second-order valence-electron chi connectivity index (χ2n) is 6.38. The van der Waals surface area contributed by atoms with Gasteiger partial charge in [0.15, 0.2) is 10.9 Å². The minimum atomic E-state index is -0.233. The number of halogens is 2. The molecule has 0 aliphatic carbocycles. The number of carbonyl (C=O) groups excluding carboxylic acids is 1. The van der Waals surface area contributed by atoms with Gasteiger partial charge in [-0.2, -0.15) is 0 Å². The van der Waals surface area contributed by atoms with Gasteiger partial charge in [0.2, 0.25) is 5.82 Å². The fraction of sp³-hybridized carbons (Fsp3) is 0.200. The first-order chi connectivity index (χ1) is 15.6. The number of amides is 1. The molecule has 0 saturated carbocycles. The molecule has 1 N–H and O–H groups in total. The highest BCUT2D eigenvalue weighted by Crippen LogP contribution is 2.34. The van der Waals surface area contributed by atoms with E-state index in [-0.39, 0.29) is 5.91 Å². The van der Waals surface area contributed by atoms with Gasteiger partial charge in [-0.25, -0.2) is 4.98 Å². The van der Waals surface area contributed by atoms with Crippen LogP contribution in [0.5, 0.6) is 0 Å². The number of aromatic nitrogens is 4. The molecule has 0 aliphatic rings. The van der Waals surface area contributed by atoms with Crippen molar-refractivity contribution < 1.29 is 13.9 Å². The van der Waals surface area contributed by atoms with Crippen molar-refractivity contribution in [3.8, 4) is 17.3 Å². The summed E-state index contributed by atoms with van der Waals surface area (Å²) in [4.78, 5) is 16.6. The Kier molecular flexibility index (Phi) is 7.48. The van der Waals surface area contributed by atoms with Crippen molar-refractivity contribution in [3.63, 3.8) is 0 Å². The lowest BCUT2D eigenvalue weighted by molar-refractivity contribution is 0.0932. The van der Waals surface area contributed by atoms with Crippen molar-refractivity contribution in [1.29, 1.82) is 0 Å². The molecule has 0 radical (unpaired) electrons. The molecular formula is C20H17Cl2N5O3S2. The maximum Gasteiger partial charge on any atom is 0.270 e. The van der Waals surface area contributed by atoms with Crippen LogP contribution in [0.2, 0.25) is 10.0 Å². The highest BCUT2D eigenvalue weighted by Gasteiger charge is 2.21. The van der Waals surface area contributed by atoms with Gasteiger partial charge in [-0.1, -0.05) is 35.0 Å². The second kappa shape index (κ2) is 10.5. The summed E-state index contributed by atoms with van der Waals surface area (Å²) in [6.45, 7) is 0.869. The standard InChI is InChI=1S/C20H17Cl2N5O3S2/c1-29-8-6-23-19(28)14-10-31-17(24-14)11-32-20-26-25-18(16-3-2-7-30-16)27(20)15-9-12(21)4-5-13(15)22/h2-5,7,9-10H,6,8,11H2,1H3,(H,23,28). The molecule has 4 rings (SSSR count). The predicted molar refractivity (Wildman–Crippen MR) is 125 cm³/mol. The lowest BCUT2D eigenvalue weighted by atomic mass is 10.3. The third-order valence-electron chi connectivity index (χ3n) is 4.22. The van der Waals surface area contributed by atoms with Crippen molar-refractivity contribution >= 4 is 52.2 Å². The molecule has 0 aliphatic heterocycles. The number of hydrogen-bond donors (Lipinski definition) is 1. The Morgan fingerprint density at radius 2 is 2.19 bits per heavy atom. The van der Waals surface area contributed by atoms with Gasteiger partial charge in [-0.15, -0.1) is 21.5 Å². The van der Waals surface area contributed by atoms with Crippen molar-refractivity contribution in [2.45, 2.75) is 10.9 Å². The Bertz CT molecular complexity index is 1210. The summed E-state index contributed by atoms with van der Waals surface area (Å²) < 4.78 is 12.3. The zero-order chi connectivity index (χ0) is 22.5. The summed E-state index contributed by atoms with van der Waals surface area (Å²) in [5, 5.41) is 15.5. The Hall–Kier alpha value is -2.37. The van der Waals surface area contributed by atoms with Gasteiger partial charge in [-0.3, -0.25) is 9.36 Å². The van der Waals surface area contributed by atoms with Crippen LogP contribution in [0.4, 0.5) is 0 Å². The average Bonchev–Trinajstić information content (AvgIpc) is 3.54. The monoisotopic (exact) mass is 509 g/mol. The van der Waals surface area contributed by atoms with Crippen LogP contribution in [0.3, 0.4) is 0 Å². The number of methoxy groups -OCH3 is 1. The topological polar surface area (TPSA) is 95.1 Å². The highest BCUT2D eigenvalue weighted by atomic mass is 35.5. The van der Waals surface area contributed by atoms with E-state index in [1.54, 1.807) is 53.7 Å². The summed E-state index contributed by atoms with van der Waals surface area (Å²) in [6.07, 6.45) is 1.57. The van der Waals surface area contributed by atoms with E-state index in [2.05, 4.69) is 20.5 Å². The summed E-state index contributed by atoms with van der Waals surface area (Å²) in [5.74, 6) is 1.30. The first-order valence-electron chi connectivity index (χ1n) is 9.36. The van der Waals surface area contributed by atoms with E-state index in [0.29, 0.717) is 57.1 Å². The summed E-state index contributed by atoms with van der Waals surface area (Å²) in [6, 6.07) is 8.74. The van der Waals surface area contributed by atoms with Gasteiger partial charge in [0.25, 0.3) is 5.91 Å². The minimum absolute atomic E-state index is 0.233. The second-order valence-corrected chi connectivity index (χ2v) is 9.11. The summed E-state index contributed by atoms with van der Waals surface area (Å²) in [7, 11) is 1.58. The Labute approximate surface area is 201 Å². The maximum absolute atomic E-state index is 12.2. The Morgan fingerprint density at radius 1 is 1.31 bits per heavy atom. The normalized spacial score (nSPS) is 11.1. The molecule has 8 nitrogen and oxygen atoms in total. The average molecular weight is 510 g/mol. The number of hydrogen-bond acceptors (Lipinski definition) is 8. The number of carbonyl (C=O) groups is 1. The molecule has 32 heavy (non-hydrogen) atoms. The number of thioether (sulfide) groups is 1. The fourth-order valence-corrected chi connectivity index (χ4v) is 4.87. The number of furan rings is 1. The number of nitrogens with zero attached hydrogens (tertiary/aromatic N) is 4. The first-order valence-corrected chi connectivity index (χ1v) is 12.0. The molecule has 0 bridgehead atoms. The molecular weight excluding hydrogens is 493 g/mol. The van der Waals surface area contributed by atoms with Crippen LogP contribution in [0.25, 0.3) is 17.3 Å². The fourth-order valence-electron chi connectivity index (χ4n) is 2.77. The number of thiazole rings is 1. The van der Waals surface area contributed by atoms with Crippen LogP contribution in [-0.2, 0) is 10.5 Å². The van der Waals surface area contributed by atoms with Crippen LogP contribution in [0.1, 0.15) is 15.5 Å². The quantitative estimate of drug-likeness (QED) is 0.251. The van der Waals surface area contributed by atoms with Crippen LogP contribution < -0.4 is 5.32 Å². The largest absolute Gasteiger partial charge is 0.461 e. The van der Waals surface area contributed by atoms with E-state index in [0.717, 1.165) is 5.01 Å². The van der Waals surface area contributed by atoms with Gasteiger partial charge in [-0.05, 0) is 30.3 Å². The lowest BCUT2D eigenvalue weighted by Gasteiger charge is -2.11. The molecule has 0 unspecified atom stereocenters. The molecule has 0 atom stereocenters. The smallest absolute Gasteiger partial charge is 0.270 e. The first kappa shape index (κ1) is 22.8. The molecule has 166 valence electrons. The van der Waals surface area contributed by atoms with E-state index >= 15 is 0 Å². The van der Waals surface area contributed by atoms with Crippen molar-refractivity contribution in [2.24, 2.45) is 0 Å². The number of benzene rings is 1. The van der Waals surface area contributed by atoms with Crippen LogP contribution in [0, 0.1) is 0 Å². The van der Waals surface area contributed by atoms with Crippen LogP contribution >= 0.6 is 46.3 Å². The molecule has 3 heterocycles. The van der Waals surface area contributed by atoms with Crippen molar-refractivity contribution in [3.05, 3.63) is 62.7 Å². The molecule has 3 aromatic heterocycles. The molecule has 0 fully saturated rings. The van der Waals surface area contributed by atoms with Crippen LogP contribution in [0.15, 0.2) is 51.5 Å². The molecule has 1 aromatic carbocycles. The Balaban J connectivity index is 1.57. The molecule has 0 saturated heterocycles. The highest BCUT2D eigenvalue weighted by molar-refractivity contribution is 7.98. The zero-order valence-corrected chi connectivity index (χ0v) is 19.9. The molecule has 4 aromatic rings. The number of nitrogens with one attached hydrogen (secondary N) is 1. The van der Waals surface area contributed by atoms with Gasteiger partial charge < -0.3 is 14.5 Å².